The van der Waals surface area contributed by atoms with Crippen molar-refractivity contribution in [2.24, 2.45) is 7.05 Å². The molecule has 0 fully saturated rings. The molecule has 0 aliphatic rings. The molecule has 2 rings (SSSR count). The Balaban J connectivity index is 2.79. The fraction of sp³-hybridized carbons (Fsp3) is 0.400. The van der Waals surface area contributed by atoms with Crippen molar-refractivity contribution in [1.29, 1.82) is 0 Å². The number of pyridine rings is 1. The van der Waals surface area contributed by atoms with Crippen LogP contribution < -0.4 is 0 Å². The van der Waals surface area contributed by atoms with Gasteiger partial charge in [-0.3, -0.25) is 4.68 Å². The van der Waals surface area contributed by atoms with Gasteiger partial charge < -0.3 is 0 Å². The van der Waals surface area contributed by atoms with Crippen molar-refractivity contribution in [3.05, 3.63) is 22.4 Å². The Labute approximate surface area is 91.3 Å². The largest absolute Gasteiger partial charge is 0.270 e. The summed E-state index contributed by atoms with van der Waals surface area (Å²) in [5.74, 6) is 0.459. The lowest BCUT2D eigenvalue weighted by atomic mass is 10.1. The number of aryl methyl sites for hydroxylation is 1. The maximum absolute atomic E-state index is 4.36. The first-order valence-corrected chi connectivity index (χ1v) is 5.37. The van der Waals surface area contributed by atoms with Crippen LogP contribution >= 0.6 is 15.9 Å². The SMILES string of the molecule is CC(C)c1c2cc(Br)cnc2nn1C. The zero-order valence-corrected chi connectivity index (χ0v) is 10.0. The molecule has 14 heavy (non-hydrogen) atoms. The molecule has 0 aromatic carbocycles. The average Bonchev–Trinajstić information content (AvgIpc) is 2.40. The first-order chi connectivity index (χ1) is 6.59. The molecule has 3 nitrogen and oxygen atoms in total. The molecule has 0 N–H and O–H groups in total. The van der Waals surface area contributed by atoms with Gasteiger partial charge in [0, 0.05) is 23.1 Å². The number of hydrogen-bond donors (Lipinski definition) is 0. The molecule has 0 aliphatic carbocycles. The lowest BCUT2D eigenvalue weighted by Gasteiger charge is -2.05. The fourth-order valence-corrected chi connectivity index (χ4v) is 2.09. The first-order valence-electron chi connectivity index (χ1n) is 4.57. The molecule has 0 radical (unpaired) electrons. The van der Waals surface area contributed by atoms with E-state index in [1.807, 2.05) is 11.7 Å². The molecule has 0 unspecified atom stereocenters. The minimum absolute atomic E-state index is 0.459. The van der Waals surface area contributed by atoms with Crippen molar-refractivity contribution < 1.29 is 0 Å². The highest BCUT2D eigenvalue weighted by molar-refractivity contribution is 9.10. The number of nitrogens with zero attached hydrogens (tertiary/aromatic N) is 3. The standard InChI is InChI=1S/C10H12BrN3/c1-6(2)9-8-4-7(11)5-12-10(8)13-14(9)3/h4-6H,1-3H3. The second kappa shape index (κ2) is 3.35. The minimum Gasteiger partial charge on any atom is -0.270 e. The number of rotatable bonds is 1. The molecule has 0 atom stereocenters. The molecule has 4 heteroatoms. The summed E-state index contributed by atoms with van der Waals surface area (Å²) in [6.45, 7) is 4.33. The van der Waals surface area contributed by atoms with Gasteiger partial charge in [-0.15, -0.1) is 0 Å². The van der Waals surface area contributed by atoms with Crippen molar-refractivity contribution in [3.63, 3.8) is 0 Å². The maximum Gasteiger partial charge on any atom is 0.181 e. The molecule has 74 valence electrons. The summed E-state index contributed by atoms with van der Waals surface area (Å²) in [6, 6.07) is 2.07. The Kier molecular flexibility index (Phi) is 2.31. The summed E-state index contributed by atoms with van der Waals surface area (Å²) in [5, 5.41) is 5.50. The molecule has 2 aromatic rings. The van der Waals surface area contributed by atoms with Crippen LogP contribution in [0.2, 0.25) is 0 Å². The van der Waals surface area contributed by atoms with E-state index >= 15 is 0 Å². The minimum atomic E-state index is 0.459. The van der Waals surface area contributed by atoms with Crippen LogP contribution in [-0.4, -0.2) is 14.8 Å². The van der Waals surface area contributed by atoms with Crippen molar-refractivity contribution in [3.8, 4) is 0 Å². The summed E-state index contributed by atoms with van der Waals surface area (Å²) >= 11 is 3.43. The van der Waals surface area contributed by atoms with Crippen molar-refractivity contribution in [2.45, 2.75) is 19.8 Å². The van der Waals surface area contributed by atoms with Crippen LogP contribution in [0.15, 0.2) is 16.7 Å². The molecule has 0 saturated heterocycles. The van der Waals surface area contributed by atoms with Gasteiger partial charge in [0.05, 0.1) is 5.69 Å². The Morgan fingerprint density at radius 1 is 1.43 bits per heavy atom. The number of halogens is 1. The third-order valence-electron chi connectivity index (χ3n) is 2.25. The maximum atomic E-state index is 4.36. The number of fused-ring (bicyclic) bond motifs is 1. The summed E-state index contributed by atoms with van der Waals surface area (Å²) in [6.07, 6.45) is 1.78. The summed E-state index contributed by atoms with van der Waals surface area (Å²) in [5.41, 5.74) is 2.05. The summed E-state index contributed by atoms with van der Waals surface area (Å²) < 4.78 is 2.91. The zero-order valence-electron chi connectivity index (χ0n) is 8.45. The van der Waals surface area contributed by atoms with Gasteiger partial charge in [-0.2, -0.15) is 5.10 Å². The van der Waals surface area contributed by atoms with Crippen molar-refractivity contribution in [1.82, 2.24) is 14.8 Å². The van der Waals surface area contributed by atoms with E-state index in [9.17, 15) is 0 Å². The number of hydrogen-bond acceptors (Lipinski definition) is 2. The van der Waals surface area contributed by atoms with E-state index in [1.165, 1.54) is 5.69 Å². The van der Waals surface area contributed by atoms with Gasteiger partial charge in [0.15, 0.2) is 5.65 Å². The smallest absolute Gasteiger partial charge is 0.181 e. The van der Waals surface area contributed by atoms with Crippen LogP contribution in [0.4, 0.5) is 0 Å². The molecular formula is C10H12BrN3. The Hall–Kier alpha value is -0.900. The predicted octanol–water partition coefficient (Wildman–Crippen LogP) is 2.85. The van der Waals surface area contributed by atoms with Crippen LogP contribution in [0, 0.1) is 0 Å². The summed E-state index contributed by atoms with van der Waals surface area (Å²) in [7, 11) is 1.96. The van der Waals surface area contributed by atoms with E-state index in [2.05, 4.69) is 45.9 Å². The van der Waals surface area contributed by atoms with E-state index in [0.717, 1.165) is 15.5 Å². The third kappa shape index (κ3) is 1.43. The molecule has 0 spiro atoms. The van der Waals surface area contributed by atoms with Gasteiger partial charge in [-0.05, 0) is 27.9 Å². The lowest BCUT2D eigenvalue weighted by Crippen LogP contribution is -1.99. The molecule has 2 heterocycles. The van der Waals surface area contributed by atoms with Crippen molar-refractivity contribution in [2.75, 3.05) is 0 Å². The highest BCUT2D eigenvalue weighted by Crippen LogP contribution is 2.25. The topological polar surface area (TPSA) is 30.7 Å². The third-order valence-corrected chi connectivity index (χ3v) is 2.68. The normalized spacial score (nSPS) is 11.5. The van der Waals surface area contributed by atoms with Crippen LogP contribution in [0.3, 0.4) is 0 Å². The van der Waals surface area contributed by atoms with E-state index in [1.54, 1.807) is 6.20 Å². The molecule has 0 bridgehead atoms. The highest BCUT2D eigenvalue weighted by atomic mass is 79.9. The van der Waals surface area contributed by atoms with Gasteiger partial charge in [-0.25, -0.2) is 4.98 Å². The van der Waals surface area contributed by atoms with Crippen LogP contribution in [-0.2, 0) is 7.05 Å². The molecule has 0 aliphatic heterocycles. The van der Waals surface area contributed by atoms with Crippen LogP contribution in [0.1, 0.15) is 25.5 Å². The highest BCUT2D eigenvalue weighted by Gasteiger charge is 2.12. The van der Waals surface area contributed by atoms with Gasteiger partial charge in [0.1, 0.15) is 0 Å². The molecular weight excluding hydrogens is 242 g/mol. The molecule has 0 saturated carbocycles. The second-order valence-electron chi connectivity index (χ2n) is 3.69. The second-order valence-corrected chi connectivity index (χ2v) is 4.60. The fourth-order valence-electron chi connectivity index (χ4n) is 1.76. The zero-order chi connectivity index (χ0) is 10.3. The first kappa shape index (κ1) is 9.65. The van der Waals surface area contributed by atoms with E-state index in [0.29, 0.717) is 5.92 Å². The Bertz CT molecular complexity index is 473. The predicted molar refractivity (Wildman–Crippen MR) is 60.3 cm³/mol. The van der Waals surface area contributed by atoms with E-state index in [-0.39, 0.29) is 0 Å². The van der Waals surface area contributed by atoms with Crippen molar-refractivity contribution >= 4 is 27.0 Å². The van der Waals surface area contributed by atoms with Gasteiger partial charge in [-0.1, -0.05) is 13.8 Å². The monoisotopic (exact) mass is 253 g/mol. The van der Waals surface area contributed by atoms with Gasteiger partial charge in [0.25, 0.3) is 0 Å². The van der Waals surface area contributed by atoms with E-state index < -0.39 is 0 Å². The van der Waals surface area contributed by atoms with Crippen LogP contribution in [0.5, 0.6) is 0 Å². The Morgan fingerprint density at radius 3 is 2.79 bits per heavy atom. The average molecular weight is 254 g/mol. The lowest BCUT2D eigenvalue weighted by molar-refractivity contribution is 0.676. The summed E-state index contributed by atoms with van der Waals surface area (Å²) in [4.78, 5) is 4.27. The Morgan fingerprint density at radius 2 is 2.14 bits per heavy atom. The van der Waals surface area contributed by atoms with Gasteiger partial charge in [0.2, 0.25) is 0 Å². The van der Waals surface area contributed by atoms with E-state index in [4.69, 9.17) is 0 Å². The molecule has 2 aromatic heterocycles. The number of aromatic nitrogens is 3. The quantitative estimate of drug-likeness (QED) is 0.783. The van der Waals surface area contributed by atoms with Crippen LogP contribution in [0.25, 0.3) is 11.0 Å². The van der Waals surface area contributed by atoms with Gasteiger partial charge >= 0.3 is 0 Å². The molecule has 0 amide bonds.